The van der Waals surface area contributed by atoms with Crippen molar-refractivity contribution in [3.63, 3.8) is 0 Å². The summed E-state index contributed by atoms with van der Waals surface area (Å²) in [5.41, 5.74) is 9.51. The molecule has 0 saturated carbocycles. The second kappa shape index (κ2) is 7.63. The number of benzene rings is 4. The SMILES string of the molecule is c1cc2cc(c1)Cn1n[n+](c3ccccc31)Cc1cccc(c1)C[n+]1nn(c3ccccc31)C2. The molecule has 3 heterocycles. The zero-order valence-corrected chi connectivity index (χ0v) is 18.7. The van der Waals surface area contributed by atoms with Gasteiger partial charge >= 0.3 is 0 Å². The Kier molecular flexibility index (Phi) is 4.30. The zero-order chi connectivity index (χ0) is 22.5. The highest BCUT2D eigenvalue weighted by atomic mass is 15.5. The quantitative estimate of drug-likeness (QED) is 0.336. The molecule has 0 atom stereocenters. The van der Waals surface area contributed by atoms with E-state index in [1.807, 2.05) is 0 Å². The van der Waals surface area contributed by atoms with Gasteiger partial charge in [-0.25, -0.2) is 0 Å². The van der Waals surface area contributed by atoms with E-state index in [9.17, 15) is 0 Å². The number of aromatic nitrogens is 6. The molecule has 6 aromatic rings. The van der Waals surface area contributed by atoms with E-state index in [4.69, 9.17) is 10.4 Å². The van der Waals surface area contributed by atoms with Gasteiger partial charge in [0.25, 0.3) is 0 Å². The molecular formula is C28H24N6+2. The lowest BCUT2D eigenvalue weighted by molar-refractivity contribution is -0.725. The van der Waals surface area contributed by atoms with Crippen LogP contribution in [0.5, 0.6) is 0 Å². The highest BCUT2D eigenvalue weighted by molar-refractivity contribution is 5.71. The van der Waals surface area contributed by atoms with Crippen molar-refractivity contribution in [1.29, 1.82) is 0 Å². The summed E-state index contributed by atoms with van der Waals surface area (Å²) in [4.78, 5) is 0. The van der Waals surface area contributed by atoms with Crippen molar-refractivity contribution in [3.8, 4) is 0 Å². The number of rotatable bonds is 0. The van der Waals surface area contributed by atoms with Crippen molar-refractivity contribution in [3.05, 3.63) is 119 Å². The van der Waals surface area contributed by atoms with Gasteiger partial charge in [-0.05, 0) is 58.7 Å². The molecule has 0 spiro atoms. The summed E-state index contributed by atoms with van der Waals surface area (Å²) in [6.45, 7) is 2.89. The van der Waals surface area contributed by atoms with E-state index in [-0.39, 0.29) is 0 Å². The summed E-state index contributed by atoms with van der Waals surface area (Å²) in [5, 5.41) is 9.99. The van der Waals surface area contributed by atoms with Crippen molar-refractivity contribution in [2.75, 3.05) is 0 Å². The second-order valence-corrected chi connectivity index (χ2v) is 9.03. The largest absolute Gasteiger partial charge is 0.198 e. The smallest absolute Gasteiger partial charge is 0.125 e. The predicted octanol–water partition coefficient (Wildman–Crippen LogP) is 3.47. The lowest BCUT2D eigenvalue weighted by atomic mass is 10.1. The molecule has 6 nitrogen and oxygen atoms in total. The van der Waals surface area contributed by atoms with Crippen LogP contribution < -0.4 is 9.36 Å². The average Bonchev–Trinajstić information content (AvgIpc) is 3.37. The molecule has 7 rings (SSSR count). The minimum Gasteiger partial charge on any atom is -0.125 e. The van der Waals surface area contributed by atoms with Gasteiger partial charge in [0.05, 0.1) is 10.4 Å². The van der Waals surface area contributed by atoms with Crippen LogP contribution in [0.25, 0.3) is 22.1 Å². The van der Waals surface area contributed by atoms with Gasteiger partial charge in [-0.1, -0.05) is 60.7 Å². The Morgan fingerprint density at radius 2 is 0.941 bits per heavy atom. The van der Waals surface area contributed by atoms with Crippen LogP contribution in [-0.4, -0.2) is 19.8 Å². The van der Waals surface area contributed by atoms with Crippen LogP contribution in [0.4, 0.5) is 0 Å². The van der Waals surface area contributed by atoms with E-state index in [1.165, 1.54) is 22.3 Å². The fourth-order valence-corrected chi connectivity index (χ4v) is 5.07. The zero-order valence-electron chi connectivity index (χ0n) is 18.7. The fraction of sp³-hybridized carbons (Fsp3) is 0.143. The fourth-order valence-electron chi connectivity index (χ4n) is 5.07. The molecule has 1 aliphatic heterocycles. The Morgan fingerprint density at radius 3 is 1.47 bits per heavy atom. The highest BCUT2D eigenvalue weighted by Gasteiger charge is 2.21. The normalized spacial score (nSPS) is 13.4. The van der Waals surface area contributed by atoms with Crippen molar-refractivity contribution < 1.29 is 9.36 Å². The van der Waals surface area contributed by atoms with E-state index < -0.39 is 0 Å². The summed E-state index contributed by atoms with van der Waals surface area (Å²) in [5.74, 6) is 0. The Bertz CT molecular complexity index is 1440. The van der Waals surface area contributed by atoms with Crippen LogP contribution in [0, 0.1) is 0 Å². The first-order valence-electron chi connectivity index (χ1n) is 11.7. The molecule has 0 radical (unpaired) electrons. The van der Waals surface area contributed by atoms with E-state index >= 15 is 0 Å². The summed E-state index contributed by atoms with van der Waals surface area (Å²) in [6, 6.07) is 34.5. The van der Waals surface area contributed by atoms with Crippen LogP contribution in [0.1, 0.15) is 22.3 Å². The maximum atomic E-state index is 4.99. The highest BCUT2D eigenvalue weighted by Crippen LogP contribution is 2.17. The Labute approximate surface area is 196 Å². The van der Waals surface area contributed by atoms with Crippen LogP contribution in [0.15, 0.2) is 97.1 Å². The molecule has 8 bridgehead atoms. The van der Waals surface area contributed by atoms with Gasteiger partial charge in [0.1, 0.15) is 26.2 Å². The Balaban J connectivity index is 1.43. The maximum absolute atomic E-state index is 4.99. The van der Waals surface area contributed by atoms with Gasteiger partial charge in [-0.3, -0.25) is 0 Å². The van der Waals surface area contributed by atoms with E-state index in [0.29, 0.717) is 0 Å². The van der Waals surface area contributed by atoms with E-state index in [2.05, 4.69) is 116 Å². The Hall–Kier alpha value is -4.32. The standard InChI is InChI=1S/C28H24N6/c1-2-12-26-25(11-1)31-17-21-7-5-9-23(15-21)19-33-27-13-3-4-14-28(27)34(30-33)20-24-10-6-8-22(16-24)18-32(26)29-31/h1-16H,17-20H2/q+2. The molecule has 0 unspecified atom stereocenters. The maximum Gasteiger partial charge on any atom is 0.198 e. The molecule has 6 heteroatoms. The van der Waals surface area contributed by atoms with E-state index in [0.717, 1.165) is 48.2 Å². The molecule has 4 aromatic carbocycles. The van der Waals surface area contributed by atoms with Crippen molar-refractivity contribution in [2.24, 2.45) is 0 Å². The first-order chi connectivity index (χ1) is 16.8. The third-order valence-electron chi connectivity index (χ3n) is 6.62. The lowest BCUT2D eigenvalue weighted by Gasteiger charge is -2.03. The monoisotopic (exact) mass is 444 g/mol. The van der Waals surface area contributed by atoms with Crippen LogP contribution in [-0.2, 0) is 26.2 Å². The molecule has 0 amide bonds. The summed E-state index contributed by atoms with van der Waals surface area (Å²) < 4.78 is 8.45. The van der Waals surface area contributed by atoms with Gasteiger partial charge in [0, 0.05) is 0 Å². The van der Waals surface area contributed by atoms with Crippen molar-refractivity contribution >= 4 is 22.1 Å². The molecule has 0 saturated heterocycles. The number of hydrogen-bond acceptors (Lipinski definition) is 2. The first-order valence-corrected chi connectivity index (χ1v) is 11.7. The number of hydrogen-bond donors (Lipinski definition) is 0. The van der Waals surface area contributed by atoms with Crippen LogP contribution in [0.3, 0.4) is 0 Å². The van der Waals surface area contributed by atoms with Gasteiger partial charge in [0.15, 0.2) is 22.1 Å². The topological polar surface area (TPSA) is 43.4 Å². The molecule has 34 heavy (non-hydrogen) atoms. The summed E-state index contributed by atoms with van der Waals surface area (Å²) >= 11 is 0. The predicted molar refractivity (Wildman–Crippen MR) is 129 cm³/mol. The number of fused-ring (bicyclic) bond motifs is 14. The van der Waals surface area contributed by atoms with Gasteiger partial charge in [0.2, 0.25) is 0 Å². The first kappa shape index (κ1) is 19.2. The minimum absolute atomic E-state index is 0.723. The van der Waals surface area contributed by atoms with Gasteiger partial charge in [-0.15, -0.1) is 18.7 Å². The molecule has 1 aliphatic rings. The lowest BCUT2D eigenvalue weighted by Crippen LogP contribution is -2.39. The second-order valence-electron chi connectivity index (χ2n) is 9.03. The Morgan fingerprint density at radius 1 is 0.500 bits per heavy atom. The number of para-hydroxylation sites is 4. The average molecular weight is 445 g/mol. The molecule has 2 aromatic heterocycles. The minimum atomic E-state index is 0.723. The number of nitrogens with zero attached hydrogens (tertiary/aromatic N) is 6. The van der Waals surface area contributed by atoms with E-state index in [1.54, 1.807) is 0 Å². The van der Waals surface area contributed by atoms with Crippen molar-refractivity contribution in [1.82, 2.24) is 19.8 Å². The third-order valence-corrected chi connectivity index (χ3v) is 6.62. The van der Waals surface area contributed by atoms with Gasteiger partial charge < -0.3 is 0 Å². The molecule has 0 fully saturated rings. The molecule has 0 N–H and O–H groups in total. The van der Waals surface area contributed by atoms with Crippen molar-refractivity contribution in [2.45, 2.75) is 26.2 Å². The summed E-state index contributed by atoms with van der Waals surface area (Å²) in [6.07, 6.45) is 0. The van der Waals surface area contributed by atoms with Crippen LogP contribution in [0.2, 0.25) is 0 Å². The molecule has 0 aliphatic carbocycles. The molecule has 164 valence electrons. The third kappa shape index (κ3) is 3.27. The van der Waals surface area contributed by atoms with Crippen LogP contribution >= 0.6 is 0 Å². The van der Waals surface area contributed by atoms with Gasteiger partial charge in [-0.2, -0.15) is 0 Å². The molecular weight excluding hydrogens is 420 g/mol. The summed E-state index contributed by atoms with van der Waals surface area (Å²) in [7, 11) is 0.